The van der Waals surface area contributed by atoms with Gasteiger partial charge in [-0.1, -0.05) is 46.9 Å². The second kappa shape index (κ2) is 9.53. The van der Waals surface area contributed by atoms with Gasteiger partial charge in [0.05, 0.1) is 15.1 Å². The molecule has 0 saturated carbocycles. The van der Waals surface area contributed by atoms with Gasteiger partial charge in [-0.3, -0.25) is 10.2 Å². The summed E-state index contributed by atoms with van der Waals surface area (Å²) in [5.74, 6) is -4.03. The van der Waals surface area contributed by atoms with Crippen molar-refractivity contribution in [1.82, 2.24) is 9.95 Å². The van der Waals surface area contributed by atoms with Crippen molar-refractivity contribution in [3.05, 3.63) is 74.2 Å². The van der Waals surface area contributed by atoms with Gasteiger partial charge in [0.2, 0.25) is 0 Å². The largest absolute Gasteiger partial charge is 0.399 e. The molecule has 11 heteroatoms. The van der Waals surface area contributed by atoms with Crippen molar-refractivity contribution < 1.29 is 22.4 Å². The zero-order valence-corrected chi connectivity index (χ0v) is 17.5. The van der Waals surface area contributed by atoms with Gasteiger partial charge in [-0.15, -0.1) is 4.53 Å². The SMILES string of the molecule is CN(Cl)NC(=O)c1ccc(/C(F)=C/C(c2cc(Cl)c(Cl)c(Cl)c2)C(F)(F)F)cc1. The van der Waals surface area contributed by atoms with Crippen molar-refractivity contribution in [2.24, 2.45) is 0 Å². The summed E-state index contributed by atoms with van der Waals surface area (Å²) >= 11 is 22.9. The number of allylic oxidation sites excluding steroid dienone is 1. The third kappa shape index (κ3) is 6.23. The van der Waals surface area contributed by atoms with Crippen LogP contribution in [0.25, 0.3) is 5.83 Å². The molecule has 0 radical (unpaired) electrons. The van der Waals surface area contributed by atoms with Crippen molar-refractivity contribution in [3.8, 4) is 0 Å². The van der Waals surface area contributed by atoms with E-state index >= 15 is 0 Å². The van der Waals surface area contributed by atoms with Gasteiger partial charge in [-0.2, -0.15) is 13.2 Å². The fourth-order valence-corrected chi connectivity index (χ4v) is 3.05. The number of benzene rings is 2. The maximum Gasteiger partial charge on any atom is 0.399 e. The standard InChI is InChI=1S/C18H12Cl4F4N2O/c1-28(22)27-17(29)10-4-2-9(3-5-10)15(23)8-12(18(24,25)26)11-6-13(19)16(21)14(20)7-11/h2-8,12H,1H3,(H,27,29)/b15-8-. The second-order valence-electron chi connectivity index (χ2n) is 5.83. The van der Waals surface area contributed by atoms with Crippen LogP contribution in [-0.2, 0) is 0 Å². The first-order chi connectivity index (χ1) is 13.4. The lowest BCUT2D eigenvalue weighted by Gasteiger charge is -2.19. The molecule has 0 bridgehead atoms. The molecule has 2 rings (SSSR count). The van der Waals surface area contributed by atoms with E-state index in [1.807, 2.05) is 0 Å². The molecular weight excluding hydrogens is 478 g/mol. The number of hydrogen-bond acceptors (Lipinski definition) is 2. The number of halogens is 8. The Bertz CT molecular complexity index is 907. The number of carbonyl (C=O) groups is 1. The van der Waals surface area contributed by atoms with E-state index in [0.29, 0.717) is 6.08 Å². The van der Waals surface area contributed by atoms with E-state index in [0.717, 1.165) is 16.7 Å². The number of nitrogens with zero attached hydrogens (tertiary/aromatic N) is 1. The predicted octanol–water partition coefficient (Wildman–Crippen LogP) is 7.03. The van der Waals surface area contributed by atoms with Gasteiger partial charge < -0.3 is 0 Å². The van der Waals surface area contributed by atoms with Crippen LogP contribution in [-0.4, -0.2) is 23.7 Å². The molecule has 2 aromatic carbocycles. The highest BCUT2D eigenvalue weighted by atomic mass is 35.5. The monoisotopic (exact) mass is 488 g/mol. The molecule has 1 amide bonds. The summed E-state index contributed by atoms with van der Waals surface area (Å²) in [6, 6.07) is 6.80. The summed E-state index contributed by atoms with van der Waals surface area (Å²) in [6.07, 6.45) is -4.42. The van der Waals surface area contributed by atoms with Gasteiger partial charge >= 0.3 is 6.18 Å². The minimum Gasteiger partial charge on any atom is -0.271 e. The molecule has 0 aliphatic heterocycles. The second-order valence-corrected chi connectivity index (χ2v) is 7.53. The molecule has 0 aromatic heterocycles. The first kappa shape index (κ1) is 23.8. The Hall–Kier alpha value is -1.51. The fraction of sp³-hybridized carbons (Fsp3) is 0.167. The number of nitrogens with one attached hydrogen (secondary N) is 1. The lowest BCUT2D eigenvalue weighted by molar-refractivity contribution is -0.139. The van der Waals surface area contributed by atoms with Crippen molar-refractivity contribution >= 4 is 58.3 Å². The van der Waals surface area contributed by atoms with E-state index in [2.05, 4.69) is 5.43 Å². The van der Waals surface area contributed by atoms with Gasteiger partial charge in [-0.05, 0) is 47.7 Å². The normalized spacial score (nSPS) is 13.5. The van der Waals surface area contributed by atoms with Crippen LogP contribution >= 0.6 is 46.6 Å². The van der Waals surface area contributed by atoms with E-state index in [-0.39, 0.29) is 31.8 Å². The van der Waals surface area contributed by atoms with Crippen LogP contribution in [0.2, 0.25) is 15.1 Å². The molecule has 0 aliphatic carbocycles. The quantitative estimate of drug-likeness (QED) is 0.211. The molecule has 0 saturated heterocycles. The van der Waals surface area contributed by atoms with Crippen LogP contribution < -0.4 is 5.43 Å². The molecule has 0 aliphatic rings. The third-order valence-corrected chi connectivity index (χ3v) is 4.99. The van der Waals surface area contributed by atoms with Crippen molar-refractivity contribution in [1.29, 1.82) is 0 Å². The summed E-state index contributed by atoms with van der Waals surface area (Å²) in [5.41, 5.74) is 1.88. The highest BCUT2D eigenvalue weighted by Crippen LogP contribution is 2.42. The molecular formula is C18H12Cl4F4N2O. The van der Waals surface area contributed by atoms with Crippen molar-refractivity contribution in [3.63, 3.8) is 0 Å². The molecule has 0 spiro atoms. The Balaban J connectivity index is 2.38. The van der Waals surface area contributed by atoms with E-state index in [9.17, 15) is 22.4 Å². The van der Waals surface area contributed by atoms with Gasteiger partial charge in [-0.25, -0.2) is 4.39 Å². The smallest absolute Gasteiger partial charge is 0.271 e. The molecule has 2 aromatic rings. The van der Waals surface area contributed by atoms with Gasteiger partial charge in [0, 0.05) is 18.2 Å². The van der Waals surface area contributed by atoms with Gasteiger partial charge in [0.15, 0.2) is 0 Å². The molecule has 1 atom stereocenters. The van der Waals surface area contributed by atoms with Crippen LogP contribution in [0.1, 0.15) is 27.4 Å². The van der Waals surface area contributed by atoms with Gasteiger partial charge in [0.1, 0.15) is 11.7 Å². The summed E-state index contributed by atoms with van der Waals surface area (Å²) in [4.78, 5) is 11.8. The third-order valence-electron chi connectivity index (χ3n) is 3.71. The zero-order valence-electron chi connectivity index (χ0n) is 14.5. The number of rotatable bonds is 5. The first-order valence-electron chi connectivity index (χ1n) is 7.79. The lowest BCUT2D eigenvalue weighted by Crippen LogP contribution is -2.32. The minimum atomic E-state index is -4.82. The van der Waals surface area contributed by atoms with E-state index < -0.39 is 23.8 Å². The number of amides is 1. The molecule has 0 fully saturated rings. The minimum absolute atomic E-state index is 0.0982. The van der Waals surface area contributed by atoms with Crippen molar-refractivity contribution in [2.75, 3.05) is 7.05 Å². The number of hydrazine groups is 1. The van der Waals surface area contributed by atoms with E-state index in [1.165, 1.54) is 31.3 Å². The number of carbonyl (C=O) groups excluding carboxylic acids is 1. The average Bonchev–Trinajstić information content (AvgIpc) is 2.62. The predicted molar refractivity (Wildman–Crippen MR) is 107 cm³/mol. The van der Waals surface area contributed by atoms with Crippen LogP contribution in [0, 0.1) is 0 Å². The summed E-state index contributed by atoms with van der Waals surface area (Å²) in [5, 5.41) is -0.465. The Morgan fingerprint density at radius 3 is 2.00 bits per heavy atom. The molecule has 1 unspecified atom stereocenters. The Morgan fingerprint density at radius 2 is 1.55 bits per heavy atom. The van der Waals surface area contributed by atoms with Crippen molar-refractivity contribution in [2.45, 2.75) is 12.1 Å². The molecule has 1 N–H and O–H groups in total. The first-order valence-corrected chi connectivity index (χ1v) is 9.26. The molecule has 3 nitrogen and oxygen atoms in total. The molecule has 156 valence electrons. The van der Waals surface area contributed by atoms with Crippen LogP contribution in [0.5, 0.6) is 0 Å². The summed E-state index contributed by atoms with van der Waals surface area (Å²) in [6.45, 7) is 0. The molecule has 0 heterocycles. The summed E-state index contributed by atoms with van der Waals surface area (Å²) < 4.78 is 56.1. The topological polar surface area (TPSA) is 32.3 Å². The Kier molecular flexibility index (Phi) is 7.81. The highest BCUT2D eigenvalue weighted by molar-refractivity contribution is 6.48. The van der Waals surface area contributed by atoms with E-state index in [4.69, 9.17) is 46.6 Å². The Labute approximate surface area is 183 Å². The van der Waals surface area contributed by atoms with Crippen LogP contribution in [0.15, 0.2) is 42.5 Å². The maximum absolute atomic E-state index is 14.6. The number of hydrogen-bond donors (Lipinski definition) is 1. The van der Waals surface area contributed by atoms with Crippen LogP contribution in [0.3, 0.4) is 0 Å². The lowest BCUT2D eigenvalue weighted by atomic mass is 9.96. The van der Waals surface area contributed by atoms with Crippen LogP contribution in [0.4, 0.5) is 17.6 Å². The Morgan fingerprint density at radius 1 is 1.07 bits per heavy atom. The molecule has 29 heavy (non-hydrogen) atoms. The van der Waals surface area contributed by atoms with E-state index in [1.54, 1.807) is 0 Å². The zero-order chi connectivity index (χ0) is 21.9. The number of alkyl halides is 3. The highest BCUT2D eigenvalue weighted by Gasteiger charge is 2.40. The van der Waals surface area contributed by atoms with Gasteiger partial charge in [0.25, 0.3) is 5.91 Å². The summed E-state index contributed by atoms with van der Waals surface area (Å²) in [7, 11) is 1.38. The maximum atomic E-state index is 14.6. The average molecular weight is 490 g/mol. The fourth-order valence-electron chi connectivity index (χ4n) is 2.36.